The Balaban J connectivity index is 1.33. The van der Waals surface area contributed by atoms with Crippen LogP contribution >= 0.6 is 0 Å². The summed E-state index contributed by atoms with van der Waals surface area (Å²) in [5, 5.41) is 11.2. The quantitative estimate of drug-likeness (QED) is 0.472. The van der Waals surface area contributed by atoms with Crippen molar-refractivity contribution in [1.82, 2.24) is 5.32 Å². The molecule has 0 radical (unpaired) electrons. The van der Waals surface area contributed by atoms with Crippen LogP contribution in [0.5, 0.6) is 0 Å². The van der Waals surface area contributed by atoms with Crippen LogP contribution < -0.4 is 5.32 Å². The third-order valence-corrected chi connectivity index (χ3v) is 8.07. The lowest BCUT2D eigenvalue weighted by atomic mass is 9.62. The van der Waals surface area contributed by atoms with Crippen molar-refractivity contribution in [3.63, 3.8) is 0 Å². The lowest BCUT2D eigenvalue weighted by Gasteiger charge is -2.43. The first-order chi connectivity index (χ1) is 12.0. The number of hydrogen-bond acceptors (Lipinski definition) is 4. The molecule has 9 atom stereocenters. The topological polar surface area (TPSA) is 79.2 Å². The maximum atomic E-state index is 12.6. The second kappa shape index (κ2) is 6.30. The zero-order valence-electron chi connectivity index (χ0n) is 15.1. The number of fused-ring (bicyclic) bond motifs is 9. The molecule has 0 aromatic rings. The highest BCUT2D eigenvalue weighted by molar-refractivity contribution is 5.84. The summed E-state index contributed by atoms with van der Waals surface area (Å²) in [6.45, 7) is 4.86. The molecular formula is C20H28N2O3. The fraction of sp³-hybridized carbons (Fsp3) is 0.850. The first kappa shape index (κ1) is 16.9. The fourth-order valence-corrected chi connectivity index (χ4v) is 7.08. The van der Waals surface area contributed by atoms with Gasteiger partial charge in [0.05, 0.1) is 12.5 Å². The molecule has 0 aliphatic heterocycles. The standard InChI is InChI=1S/C20H28N2O3/c1-10-11(2)14-8-13(10)18-12-6-15(19(14)18)16(7-12)20(24)22-9-17(23)25-5-3-4-21/h10-16,18-19H,3,5-9H2,1-2H3,(H,22,24). The number of nitriles is 1. The molecule has 0 aromatic carbocycles. The zero-order chi connectivity index (χ0) is 17.7. The molecular weight excluding hydrogens is 316 g/mol. The van der Waals surface area contributed by atoms with Crippen LogP contribution in [0, 0.1) is 64.6 Å². The number of hydrogen-bond donors (Lipinski definition) is 1. The zero-order valence-corrected chi connectivity index (χ0v) is 15.1. The molecule has 4 saturated carbocycles. The Morgan fingerprint density at radius 1 is 1.08 bits per heavy atom. The van der Waals surface area contributed by atoms with Crippen molar-refractivity contribution >= 4 is 11.9 Å². The van der Waals surface area contributed by atoms with Gasteiger partial charge in [-0.2, -0.15) is 5.26 Å². The lowest BCUT2D eigenvalue weighted by Crippen LogP contribution is -2.44. The Morgan fingerprint density at radius 2 is 1.80 bits per heavy atom. The molecule has 0 saturated heterocycles. The van der Waals surface area contributed by atoms with Gasteiger partial charge in [0.1, 0.15) is 13.2 Å². The second-order valence-corrected chi connectivity index (χ2v) is 8.78. The Bertz CT molecular complexity index is 613. The molecule has 0 heterocycles. The van der Waals surface area contributed by atoms with Gasteiger partial charge in [-0.05, 0) is 66.6 Å². The molecule has 136 valence electrons. The van der Waals surface area contributed by atoms with Crippen LogP contribution in [0.25, 0.3) is 0 Å². The Hall–Kier alpha value is -1.57. The largest absolute Gasteiger partial charge is 0.463 e. The van der Waals surface area contributed by atoms with Gasteiger partial charge in [0.2, 0.25) is 5.91 Å². The van der Waals surface area contributed by atoms with Gasteiger partial charge < -0.3 is 10.1 Å². The second-order valence-electron chi connectivity index (χ2n) is 8.78. The smallest absolute Gasteiger partial charge is 0.325 e. The third kappa shape index (κ3) is 2.56. The van der Waals surface area contributed by atoms with Gasteiger partial charge in [-0.1, -0.05) is 13.8 Å². The maximum absolute atomic E-state index is 12.6. The van der Waals surface area contributed by atoms with E-state index in [-0.39, 0.29) is 31.4 Å². The predicted molar refractivity (Wildman–Crippen MR) is 90.8 cm³/mol. The Labute approximate surface area is 149 Å². The summed E-state index contributed by atoms with van der Waals surface area (Å²) < 4.78 is 4.92. The molecule has 4 fully saturated rings. The van der Waals surface area contributed by atoms with E-state index in [1.165, 1.54) is 12.8 Å². The number of esters is 1. The first-order valence-corrected chi connectivity index (χ1v) is 9.83. The highest BCUT2D eigenvalue weighted by Gasteiger charge is 2.66. The van der Waals surface area contributed by atoms with Crippen molar-refractivity contribution < 1.29 is 14.3 Å². The van der Waals surface area contributed by atoms with Gasteiger partial charge in [0.15, 0.2) is 0 Å². The molecule has 1 amide bonds. The predicted octanol–water partition coefficient (Wildman–Crippen LogP) is 2.37. The summed E-state index contributed by atoms with van der Waals surface area (Å²) >= 11 is 0. The van der Waals surface area contributed by atoms with Crippen LogP contribution in [0.3, 0.4) is 0 Å². The molecule has 9 unspecified atom stereocenters. The van der Waals surface area contributed by atoms with Crippen LogP contribution in [0.1, 0.15) is 39.5 Å². The van der Waals surface area contributed by atoms with Crippen LogP contribution in [0.15, 0.2) is 0 Å². The molecule has 4 bridgehead atoms. The highest BCUT2D eigenvalue weighted by Crippen LogP contribution is 2.71. The lowest BCUT2D eigenvalue weighted by molar-refractivity contribution is -0.144. The monoisotopic (exact) mass is 344 g/mol. The van der Waals surface area contributed by atoms with Crippen molar-refractivity contribution in [2.75, 3.05) is 13.2 Å². The maximum Gasteiger partial charge on any atom is 0.325 e. The van der Waals surface area contributed by atoms with E-state index in [9.17, 15) is 9.59 Å². The normalized spacial score (nSPS) is 45.9. The van der Waals surface area contributed by atoms with Gasteiger partial charge >= 0.3 is 5.97 Å². The van der Waals surface area contributed by atoms with Gasteiger partial charge in [-0.3, -0.25) is 9.59 Å². The van der Waals surface area contributed by atoms with Crippen molar-refractivity contribution in [2.24, 2.45) is 53.3 Å². The van der Waals surface area contributed by atoms with Gasteiger partial charge in [0.25, 0.3) is 0 Å². The number of carbonyl (C=O) groups is 2. The SMILES string of the molecule is CC1C(C)C2CC1C1C3CC(C(=O)NCC(=O)OCCC#N)C(C3)C21. The molecule has 5 nitrogen and oxygen atoms in total. The van der Waals surface area contributed by atoms with Crippen molar-refractivity contribution in [1.29, 1.82) is 5.26 Å². The first-order valence-electron chi connectivity index (χ1n) is 9.83. The molecule has 4 aliphatic carbocycles. The van der Waals surface area contributed by atoms with Crippen LogP contribution in [0.2, 0.25) is 0 Å². The minimum absolute atomic E-state index is 0.0339. The van der Waals surface area contributed by atoms with E-state index in [4.69, 9.17) is 10.00 Å². The number of ether oxygens (including phenoxy) is 1. The van der Waals surface area contributed by atoms with E-state index in [2.05, 4.69) is 19.2 Å². The number of rotatable bonds is 5. The average Bonchev–Trinajstić information content (AvgIpc) is 3.32. The Morgan fingerprint density at radius 3 is 2.52 bits per heavy atom. The molecule has 4 aliphatic rings. The number of nitrogens with one attached hydrogen (secondary N) is 1. The van der Waals surface area contributed by atoms with Crippen molar-refractivity contribution in [3.8, 4) is 6.07 Å². The summed E-state index contributed by atoms with van der Waals surface area (Å²) in [7, 11) is 0. The van der Waals surface area contributed by atoms with Gasteiger partial charge in [-0.15, -0.1) is 0 Å². The highest BCUT2D eigenvalue weighted by atomic mass is 16.5. The summed E-state index contributed by atoms with van der Waals surface area (Å²) in [6.07, 6.45) is 3.79. The van der Waals surface area contributed by atoms with E-state index >= 15 is 0 Å². The van der Waals surface area contributed by atoms with E-state index in [0.717, 1.165) is 47.8 Å². The van der Waals surface area contributed by atoms with Gasteiger partial charge in [0, 0.05) is 5.92 Å². The third-order valence-electron chi connectivity index (χ3n) is 8.07. The molecule has 4 rings (SSSR count). The average molecular weight is 344 g/mol. The minimum Gasteiger partial charge on any atom is -0.463 e. The van der Waals surface area contributed by atoms with Crippen LogP contribution in [-0.4, -0.2) is 25.0 Å². The van der Waals surface area contributed by atoms with E-state index in [1.807, 2.05) is 6.07 Å². The number of carbonyl (C=O) groups excluding carboxylic acids is 2. The minimum atomic E-state index is -0.452. The van der Waals surface area contributed by atoms with Gasteiger partial charge in [-0.25, -0.2) is 0 Å². The molecule has 5 heteroatoms. The van der Waals surface area contributed by atoms with Crippen molar-refractivity contribution in [2.45, 2.75) is 39.5 Å². The van der Waals surface area contributed by atoms with Crippen LogP contribution in [0.4, 0.5) is 0 Å². The molecule has 0 spiro atoms. The van der Waals surface area contributed by atoms with E-state index in [0.29, 0.717) is 5.92 Å². The number of amides is 1. The van der Waals surface area contributed by atoms with Crippen molar-refractivity contribution in [3.05, 3.63) is 0 Å². The summed E-state index contributed by atoms with van der Waals surface area (Å²) in [4.78, 5) is 24.3. The van der Waals surface area contributed by atoms with E-state index in [1.54, 1.807) is 0 Å². The molecule has 25 heavy (non-hydrogen) atoms. The van der Waals surface area contributed by atoms with Crippen LogP contribution in [-0.2, 0) is 14.3 Å². The molecule has 0 aromatic heterocycles. The number of nitrogens with zero attached hydrogens (tertiary/aromatic N) is 1. The summed E-state index contributed by atoms with van der Waals surface area (Å²) in [5.74, 6) is 5.86. The summed E-state index contributed by atoms with van der Waals surface area (Å²) in [6, 6.07) is 1.93. The fourth-order valence-electron chi connectivity index (χ4n) is 7.08. The Kier molecular flexibility index (Phi) is 4.25. The van der Waals surface area contributed by atoms with E-state index < -0.39 is 5.97 Å². The molecule has 1 N–H and O–H groups in total. The summed E-state index contributed by atoms with van der Waals surface area (Å²) in [5.41, 5.74) is 0.